The van der Waals surface area contributed by atoms with Crippen LogP contribution in [0, 0.1) is 19.7 Å². The maximum Gasteiger partial charge on any atom is 0.323 e. The molecule has 0 spiro atoms. The molecular formula is C23H20ClFN4O. The van der Waals surface area contributed by atoms with Gasteiger partial charge in [-0.1, -0.05) is 54.1 Å². The highest BCUT2D eigenvalue weighted by molar-refractivity contribution is 6.31. The van der Waals surface area contributed by atoms with Gasteiger partial charge in [0.05, 0.1) is 29.3 Å². The number of amides is 2. The molecule has 30 heavy (non-hydrogen) atoms. The number of benzene rings is 3. The molecule has 0 radical (unpaired) electrons. The number of fused-ring (bicyclic) bond motifs is 1. The van der Waals surface area contributed by atoms with E-state index in [-0.39, 0.29) is 12.6 Å². The fourth-order valence-electron chi connectivity index (χ4n) is 3.47. The van der Waals surface area contributed by atoms with Crippen molar-refractivity contribution >= 4 is 39.8 Å². The minimum absolute atomic E-state index is 0.171. The van der Waals surface area contributed by atoms with E-state index >= 15 is 0 Å². The Labute approximate surface area is 178 Å². The Morgan fingerprint density at radius 2 is 1.77 bits per heavy atom. The molecule has 1 heterocycles. The summed E-state index contributed by atoms with van der Waals surface area (Å²) in [6.07, 6.45) is 0. The van der Waals surface area contributed by atoms with E-state index in [1.807, 2.05) is 49.4 Å². The Morgan fingerprint density at radius 3 is 2.57 bits per heavy atom. The number of carbonyl (C=O) groups is 1. The molecule has 0 aliphatic carbocycles. The van der Waals surface area contributed by atoms with Gasteiger partial charge >= 0.3 is 6.03 Å². The Kier molecular flexibility index (Phi) is 5.42. The summed E-state index contributed by atoms with van der Waals surface area (Å²) in [4.78, 5) is 12.7. The van der Waals surface area contributed by atoms with Gasteiger partial charge in [0.1, 0.15) is 5.82 Å². The number of nitrogens with zero attached hydrogens (tertiary/aromatic N) is 2. The number of hydrogen-bond donors (Lipinski definition) is 2. The van der Waals surface area contributed by atoms with Crippen LogP contribution in [0.15, 0.2) is 60.7 Å². The highest BCUT2D eigenvalue weighted by Crippen LogP contribution is 2.26. The second-order valence-corrected chi connectivity index (χ2v) is 7.42. The average Bonchev–Trinajstić information content (AvgIpc) is 2.98. The summed E-state index contributed by atoms with van der Waals surface area (Å²) in [7, 11) is 0. The van der Waals surface area contributed by atoms with Crippen LogP contribution in [0.5, 0.6) is 0 Å². The van der Waals surface area contributed by atoms with E-state index in [1.54, 1.807) is 23.7 Å². The summed E-state index contributed by atoms with van der Waals surface area (Å²) in [6, 6.07) is 17.8. The quantitative estimate of drug-likeness (QED) is 0.415. The maximum atomic E-state index is 14.1. The lowest BCUT2D eigenvalue weighted by Gasteiger charge is -2.11. The van der Waals surface area contributed by atoms with Crippen molar-refractivity contribution in [3.8, 4) is 0 Å². The van der Waals surface area contributed by atoms with Gasteiger partial charge in [-0.2, -0.15) is 5.10 Å². The van der Waals surface area contributed by atoms with Crippen LogP contribution in [0.4, 0.5) is 20.6 Å². The van der Waals surface area contributed by atoms with Crippen LogP contribution in [0.25, 0.3) is 10.8 Å². The van der Waals surface area contributed by atoms with E-state index in [4.69, 9.17) is 11.6 Å². The topological polar surface area (TPSA) is 59.0 Å². The number of urea groups is 1. The largest absolute Gasteiger partial charge is 0.323 e. The lowest BCUT2D eigenvalue weighted by atomic mass is 10.1. The number of halogens is 2. The summed E-state index contributed by atoms with van der Waals surface area (Å²) in [5.74, 6) is -0.390. The maximum absolute atomic E-state index is 14.1. The number of hydrogen-bond acceptors (Lipinski definition) is 2. The summed E-state index contributed by atoms with van der Waals surface area (Å²) in [6.45, 7) is 3.78. The van der Waals surface area contributed by atoms with Crippen molar-refractivity contribution in [1.29, 1.82) is 0 Å². The number of carbonyl (C=O) groups excluding carboxylic acids is 1. The van der Waals surface area contributed by atoms with Gasteiger partial charge in [-0.15, -0.1) is 0 Å². The second kappa shape index (κ2) is 8.16. The molecule has 0 fully saturated rings. The summed E-state index contributed by atoms with van der Waals surface area (Å²) < 4.78 is 15.8. The fraction of sp³-hybridized carbons (Fsp3) is 0.130. The van der Waals surface area contributed by atoms with Crippen molar-refractivity contribution < 1.29 is 9.18 Å². The van der Waals surface area contributed by atoms with E-state index in [2.05, 4.69) is 15.7 Å². The summed E-state index contributed by atoms with van der Waals surface area (Å²) >= 11 is 6.14. The SMILES string of the molecule is Cc1nn(Cc2c(F)cccc2Cl)c(C)c1NC(=O)Nc1cccc2ccccc12. The Bertz CT molecular complexity index is 1230. The molecule has 4 aromatic rings. The number of rotatable bonds is 4. The number of nitrogens with one attached hydrogen (secondary N) is 2. The first kappa shape index (κ1) is 19.9. The molecule has 0 saturated carbocycles. The fourth-order valence-corrected chi connectivity index (χ4v) is 3.69. The van der Waals surface area contributed by atoms with E-state index in [0.29, 0.717) is 33.3 Å². The molecule has 7 heteroatoms. The van der Waals surface area contributed by atoms with Crippen LogP contribution in [-0.2, 0) is 6.54 Å². The van der Waals surface area contributed by atoms with Crippen LogP contribution in [0.1, 0.15) is 17.0 Å². The van der Waals surface area contributed by atoms with E-state index in [9.17, 15) is 9.18 Å². The van der Waals surface area contributed by atoms with Gasteiger partial charge in [0.2, 0.25) is 0 Å². The molecule has 0 aliphatic heterocycles. The first-order chi connectivity index (χ1) is 14.4. The molecule has 0 aliphatic rings. The Hall–Kier alpha value is -3.38. The van der Waals surface area contributed by atoms with Gasteiger partial charge in [0.15, 0.2) is 0 Å². The van der Waals surface area contributed by atoms with Gasteiger partial charge in [0, 0.05) is 16.0 Å². The second-order valence-electron chi connectivity index (χ2n) is 7.01. The molecule has 0 atom stereocenters. The van der Waals surface area contributed by atoms with Crippen LogP contribution >= 0.6 is 11.6 Å². The summed E-state index contributed by atoms with van der Waals surface area (Å²) in [5, 5.41) is 12.5. The number of anilines is 2. The average molecular weight is 423 g/mol. The summed E-state index contributed by atoms with van der Waals surface area (Å²) in [5.41, 5.74) is 3.00. The predicted octanol–water partition coefficient (Wildman–Crippen LogP) is 6.14. The van der Waals surface area contributed by atoms with E-state index in [1.165, 1.54) is 6.07 Å². The van der Waals surface area contributed by atoms with Gasteiger partial charge in [-0.05, 0) is 37.4 Å². The first-order valence-corrected chi connectivity index (χ1v) is 9.84. The normalized spacial score (nSPS) is 10.9. The zero-order valence-electron chi connectivity index (χ0n) is 16.5. The van der Waals surface area contributed by atoms with Crippen molar-refractivity contribution in [1.82, 2.24) is 9.78 Å². The van der Waals surface area contributed by atoms with Crippen LogP contribution < -0.4 is 10.6 Å². The standard InChI is InChI=1S/C23H20ClFN4O/c1-14-22(15(2)29(28-14)13-18-19(24)10-6-11-20(18)25)27-23(30)26-21-12-5-8-16-7-3-4-9-17(16)21/h3-12H,13H2,1-2H3,(H2,26,27,30). The molecule has 5 nitrogen and oxygen atoms in total. The smallest absolute Gasteiger partial charge is 0.307 e. The van der Waals surface area contributed by atoms with Crippen molar-refractivity contribution in [2.75, 3.05) is 10.6 Å². The molecule has 0 bridgehead atoms. The number of aryl methyl sites for hydroxylation is 1. The zero-order chi connectivity index (χ0) is 21.3. The minimum atomic E-state index is -0.390. The Balaban J connectivity index is 1.56. The molecular weight excluding hydrogens is 403 g/mol. The molecule has 1 aromatic heterocycles. The van der Waals surface area contributed by atoms with Crippen LogP contribution in [0.2, 0.25) is 5.02 Å². The lowest BCUT2D eigenvalue weighted by molar-refractivity contribution is 0.262. The van der Waals surface area contributed by atoms with Crippen molar-refractivity contribution in [3.63, 3.8) is 0 Å². The van der Waals surface area contributed by atoms with Gasteiger partial charge in [-0.25, -0.2) is 9.18 Å². The van der Waals surface area contributed by atoms with Gasteiger partial charge in [0.25, 0.3) is 0 Å². The molecule has 4 rings (SSSR count). The third-order valence-electron chi connectivity index (χ3n) is 5.03. The third-order valence-corrected chi connectivity index (χ3v) is 5.38. The van der Waals surface area contributed by atoms with E-state index < -0.39 is 5.82 Å². The molecule has 2 N–H and O–H groups in total. The number of aromatic nitrogens is 2. The van der Waals surface area contributed by atoms with Crippen LogP contribution in [0.3, 0.4) is 0 Å². The van der Waals surface area contributed by atoms with E-state index in [0.717, 1.165) is 10.8 Å². The van der Waals surface area contributed by atoms with Gasteiger partial charge in [-0.3, -0.25) is 4.68 Å². The monoisotopic (exact) mass is 422 g/mol. The van der Waals surface area contributed by atoms with Crippen molar-refractivity contribution in [2.45, 2.75) is 20.4 Å². The molecule has 0 saturated heterocycles. The third kappa shape index (κ3) is 3.86. The molecule has 152 valence electrons. The minimum Gasteiger partial charge on any atom is -0.307 e. The Morgan fingerprint density at radius 1 is 1.03 bits per heavy atom. The van der Waals surface area contributed by atoms with Crippen LogP contribution in [-0.4, -0.2) is 15.8 Å². The lowest BCUT2D eigenvalue weighted by Crippen LogP contribution is -2.20. The highest BCUT2D eigenvalue weighted by Gasteiger charge is 2.17. The first-order valence-electron chi connectivity index (χ1n) is 9.46. The molecule has 2 amide bonds. The van der Waals surface area contributed by atoms with Gasteiger partial charge < -0.3 is 10.6 Å². The molecule has 3 aromatic carbocycles. The molecule has 0 unspecified atom stereocenters. The predicted molar refractivity (Wildman–Crippen MR) is 119 cm³/mol. The van der Waals surface area contributed by atoms with Crippen molar-refractivity contribution in [3.05, 3.63) is 88.5 Å². The zero-order valence-corrected chi connectivity index (χ0v) is 17.3. The van der Waals surface area contributed by atoms with Crippen molar-refractivity contribution in [2.24, 2.45) is 0 Å². The highest BCUT2D eigenvalue weighted by atomic mass is 35.5.